The zero-order chi connectivity index (χ0) is 18.5. The normalized spacial score (nSPS) is 16.9. The summed E-state index contributed by atoms with van der Waals surface area (Å²) in [4.78, 5) is 4.44. The predicted molar refractivity (Wildman–Crippen MR) is 98.3 cm³/mol. The van der Waals surface area contributed by atoms with Crippen molar-refractivity contribution in [3.8, 4) is 11.9 Å². The highest BCUT2D eigenvalue weighted by Gasteiger charge is 2.38. The summed E-state index contributed by atoms with van der Waals surface area (Å²) in [5.41, 5.74) is 9.88. The van der Waals surface area contributed by atoms with Crippen LogP contribution in [0.5, 0.6) is 5.88 Å². The minimum atomic E-state index is -0.357. The molecule has 1 atom stereocenters. The molecule has 0 radical (unpaired) electrons. The molecule has 1 aromatic carbocycles. The molecule has 0 fully saturated rings. The summed E-state index contributed by atoms with van der Waals surface area (Å²) < 4.78 is 5.65. The molecule has 130 valence electrons. The number of hydrogen-bond acceptors (Lipinski definition) is 5. The lowest BCUT2D eigenvalue weighted by molar-refractivity contribution is 0.378. The summed E-state index contributed by atoms with van der Waals surface area (Å²) in [6, 6.07) is 12.1. The van der Waals surface area contributed by atoms with E-state index in [1.54, 1.807) is 6.20 Å². The molecule has 3 aromatic rings. The number of fused-ring (bicyclic) bond motifs is 2. The first-order chi connectivity index (χ1) is 12.4. The van der Waals surface area contributed by atoms with Crippen molar-refractivity contribution in [3.05, 3.63) is 64.8 Å². The zero-order valence-corrected chi connectivity index (χ0v) is 14.9. The fourth-order valence-corrected chi connectivity index (χ4v) is 3.50. The van der Waals surface area contributed by atoms with Gasteiger partial charge in [0.2, 0.25) is 11.8 Å². The van der Waals surface area contributed by atoms with Crippen LogP contribution in [0.4, 0.5) is 0 Å². The van der Waals surface area contributed by atoms with Crippen LogP contribution < -0.4 is 10.5 Å². The molecule has 26 heavy (non-hydrogen) atoms. The van der Waals surface area contributed by atoms with Crippen molar-refractivity contribution in [2.24, 2.45) is 5.73 Å². The Hall–Kier alpha value is -3.33. The van der Waals surface area contributed by atoms with Crippen LogP contribution in [-0.4, -0.2) is 15.2 Å². The summed E-state index contributed by atoms with van der Waals surface area (Å²) in [6.07, 6.45) is 1.76. The maximum Gasteiger partial charge on any atom is 0.244 e. The SMILES string of the molecule is CC(C)(C)c1[nH]nc2c1[C@H](c1ccnc3ccccc13)C(C#N)=C(N)O2. The van der Waals surface area contributed by atoms with E-state index in [0.29, 0.717) is 11.5 Å². The van der Waals surface area contributed by atoms with E-state index in [1.165, 1.54) is 0 Å². The molecule has 4 rings (SSSR count). The van der Waals surface area contributed by atoms with Gasteiger partial charge in [-0.05, 0) is 17.7 Å². The lowest BCUT2D eigenvalue weighted by Crippen LogP contribution is -2.24. The van der Waals surface area contributed by atoms with Crippen LogP contribution in [0.1, 0.15) is 43.5 Å². The van der Waals surface area contributed by atoms with Crippen molar-refractivity contribution >= 4 is 10.9 Å². The number of H-pyrrole nitrogens is 1. The van der Waals surface area contributed by atoms with Gasteiger partial charge in [0, 0.05) is 22.7 Å². The standard InChI is InChI=1S/C20H19N5O/c1-20(2,3)17-16-15(13(10-21)18(22)26-19(16)25-24-17)12-8-9-23-14-7-5-4-6-11(12)14/h4-9,15H,22H2,1-3H3,(H,24,25)/t15-/m1/s1. The number of benzene rings is 1. The second-order valence-corrected chi connectivity index (χ2v) is 7.41. The maximum absolute atomic E-state index is 9.81. The molecule has 1 aliphatic rings. The third-order valence-electron chi connectivity index (χ3n) is 4.68. The molecule has 3 heterocycles. The van der Waals surface area contributed by atoms with Crippen LogP contribution in [0, 0.1) is 11.3 Å². The molecule has 6 heteroatoms. The van der Waals surface area contributed by atoms with Gasteiger partial charge in [-0.15, -0.1) is 5.10 Å². The molecular formula is C20H19N5O. The number of pyridine rings is 1. The van der Waals surface area contributed by atoms with Gasteiger partial charge in [0.15, 0.2) is 0 Å². The van der Waals surface area contributed by atoms with Crippen molar-refractivity contribution in [1.29, 1.82) is 5.26 Å². The molecule has 2 aromatic heterocycles. The Kier molecular flexibility index (Phi) is 3.48. The number of hydrogen-bond donors (Lipinski definition) is 2. The molecular weight excluding hydrogens is 326 g/mol. The summed E-state index contributed by atoms with van der Waals surface area (Å²) in [5.74, 6) is 0.166. The van der Waals surface area contributed by atoms with Crippen LogP contribution in [-0.2, 0) is 5.41 Å². The number of rotatable bonds is 1. The quantitative estimate of drug-likeness (QED) is 0.703. The average Bonchev–Trinajstić information content (AvgIpc) is 3.03. The molecule has 0 unspecified atom stereocenters. The van der Waals surface area contributed by atoms with Gasteiger partial charge < -0.3 is 10.5 Å². The highest BCUT2D eigenvalue weighted by Crippen LogP contribution is 2.46. The monoisotopic (exact) mass is 345 g/mol. The number of nitrogens with zero attached hydrogens (tertiary/aromatic N) is 3. The molecule has 3 N–H and O–H groups in total. The Labute approximate surface area is 151 Å². The number of nitrogens with two attached hydrogens (primary N) is 1. The van der Waals surface area contributed by atoms with Crippen LogP contribution >= 0.6 is 0 Å². The Balaban J connectivity index is 2.06. The van der Waals surface area contributed by atoms with Crippen LogP contribution in [0.15, 0.2) is 48.0 Å². The zero-order valence-electron chi connectivity index (χ0n) is 14.9. The van der Waals surface area contributed by atoms with Gasteiger partial charge in [0.25, 0.3) is 0 Å². The second kappa shape index (κ2) is 5.60. The molecule has 0 aliphatic carbocycles. The van der Waals surface area contributed by atoms with Gasteiger partial charge in [0.05, 0.1) is 17.0 Å². The fourth-order valence-electron chi connectivity index (χ4n) is 3.50. The summed E-state index contributed by atoms with van der Waals surface area (Å²) in [7, 11) is 0. The van der Waals surface area contributed by atoms with E-state index in [4.69, 9.17) is 10.5 Å². The van der Waals surface area contributed by atoms with Crippen molar-refractivity contribution in [2.75, 3.05) is 0 Å². The third kappa shape index (κ3) is 2.32. The Morgan fingerprint density at radius 2 is 2.00 bits per heavy atom. The molecule has 0 bridgehead atoms. The summed E-state index contributed by atoms with van der Waals surface area (Å²) in [6.45, 7) is 6.28. The average molecular weight is 345 g/mol. The Morgan fingerprint density at radius 1 is 1.23 bits per heavy atom. The minimum absolute atomic E-state index is 0.0952. The topological polar surface area (TPSA) is 101 Å². The van der Waals surface area contributed by atoms with E-state index in [0.717, 1.165) is 27.7 Å². The Bertz CT molecular complexity index is 1080. The van der Waals surface area contributed by atoms with E-state index in [-0.39, 0.29) is 17.2 Å². The van der Waals surface area contributed by atoms with E-state index in [1.807, 2.05) is 30.3 Å². The smallest absolute Gasteiger partial charge is 0.244 e. The lowest BCUT2D eigenvalue weighted by atomic mass is 9.78. The Morgan fingerprint density at radius 3 is 2.73 bits per heavy atom. The van der Waals surface area contributed by atoms with E-state index >= 15 is 0 Å². The number of ether oxygens (including phenoxy) is 1. The van der Waals surface area contributed by atoms with Crippen LogP contribution in [0.2, 0.25) is 0 Å². The summed E-state index contributed by atoms with van der Waals surface area (Å²) in [5, 5.41) is 18.2. The van der Waals surface area contributed by atoms with Crippen molar-refractivity contribution in [2.45, 2.75) is 32.1 Å². The van der Waals surface area contributed by atoms with Gasteiger partial charge in [-0.1, -0.05) is 39.0 Å². The van der Waals surface area contributed by atoms with Crippen LogP contribution in [0.3, 0.4) is 0 Å². The molecule has 0 spiro atoms. The first kappa shape index (κ1) is 16.2. The third-order valence-corrected chi connectivity index (χ3v) is 4.68. The van der Waals surface area contributed by atoms with E-state index in [2.05, 4.69) is 42.0 Å². The van der Waals surface area contributed by atoms with Crippen molar-refractivity contribution in [3.63, 3.8) is 0 Å². The van der Waals surface area contributed by atoms with Crippen molar-refractivity contribution < 1.29 is 4.74 Å². The first-order valence-corrected chi connectivity index (χ1v) is 8.41. The highest BCUT2D eigenvalue weighted by atomic mass is 16.5. The highest BCUT2D eigenvalue weighted by molar-refractivity contribution is 5.84. The van der Waals surface area contributed by atoms with Gasteiger partial charge in [-0.3, -0.25) is 10.1 Å². The first-order valence-electron chi connectivity index (χ1n) is 8.41. The van der Waals surface area contributed by atoms with Crippen LogP contribution in [0.25, 0.3) is 10.9 Å². The number of allylic oxidation sites excluding steroid dienone is 1. The molecule has 0 saturated heterocycles. The molecule has 0 saturated carbocycles. The minimum Gasteiger partial charge on any atom is -0.420 e. The van der Waals surface area contributed by atoms with E-state index in [9.17, 15) is 5.26 Å². The number of para-hydroxylation sites is 1. The molecule has 0 amide bonds. The van der Waals surface area contributed by atoms with Gasteiger partial charge in [-0.2, -0.15) is 5.26 Å². The molecule has 1 aliphatic heterocycles. The number of nitrogens with one attached hydrogen (secondary N) is 1. The van der Waals surface area contributed by atoms with E-state index < -0.39 is 0 Å². The predicted octanol–water partition coefficient (Wildman–Crippen LogP) is 3.47. The lowest BCUT2D eigenvalue weighted by Gasteiger charge is -2.28. The van der Waals surface area contributed by atoms with Gasteiger partial charge in [0.1, 0.15) is 11.6 Å². The molecule has 6 nitrogen and oxygen atoms in total. The summed E-state index contributed by atoms with van der Waals surface area (Å²) >= 11 is 0. The second-order valence-electron chi connectivity index (χ2n) is 7.41. The van der Waals surface area contributed by atoms with Crippen molar-refractivity contribution in [1.82, 2.24) is 15.2 Å². The largest absolute Gasteiger partial charge is 0.420 e. The number of nitriles is 1. The van der Waals surface area contributed by atoms with Gasteiger partial charge >= 0.3 is 0 Å². The fraction of sp³-hybridized carbons (Fsp3) is 0.250. The number of aromatic nitrogens is 3. The van der Waals surface area contributed by atoms with Gasteiger partial charge in [-0.25, -0.2) is 0 Å². The number of aromatic amines is 1. The maximum atomic E-state index is 9.81.